The predicted octanol–water partition coefficient (Wildman–Crippen LogP) is 1.11. The summed E-state index contributed by atoms with van der Waals surface area (Å²) in [5, 5.41) is 26.0. The molecule has 0 aromatic carbocycles. The van der Waals surface area contributed by atoms with Gasteiger partial charge in [0.05, 0.1) is 19.3 Å². The summed E-state index contributed by atoms with van der Waals surface area (Å²) in [5.74, 6) is 0.874. The normalized spacial score (nSPS) is 22.2. The van der Waals surface area contributed by atoms with Crippen LogP contribution in [0.3, 0.4) is 0 Å². The molecule has 1 aromatic heterocycles. The highest BCUT2D eigenvalue weighted by Crippen LogP contribution is 2.26. The maximum absolute atomic E-state index is 12.3. The van der Waals surface area contributed by atoms with Crippen molar-refractivity contribution in [2.75, 3.05) is 26.3 Å². The number of hydrogen-bond donors (Lipinski definition) is 3. The molecule has 6 heteroatoms. The van der Waals surface area contributed by atoms with Crippen molar-refractivity contribution in [3.8, 4) is 0 Å². The van der Waals surface area contributed by atoms with Crippen LogP contribution in [0.5, 0.6) is 0 Å². The molecule has 23 heavy (non-hydrogen) atoms. The van der Waals surface area contributed by atoms with Crippen molar-refractivity contribution in [2.45, 2.75) is 38.8 Å². The first-order chi connectivity index (χ1) is 11.0. The number of carbonyl (C=O) groups is 1. The highest BCUT2D eigenvalue weighted by molar-refractivity contribution is 7.07. The zero-order chi connectivity index (χ0) is 16.8. The van der Waals surface area contributed by atoms with Crippen LogP contribution in [0, 0.1) is 11.8 Å². The molecule has 2 heterocycles. The van der Waals surface area contributed by atoms with E-state index in [0.29, 0.717) is 24.8 Å². The van der Waals surface area contributed by atoms with Crippen LogP contribution in [-0.4, -0.2) is 59.4 Å². The van der Waals surface area contributed by atoms with Gasteiger partial charge in [0, 0.05) is 25.6 Å². The number of aliphatic hydroxyl groups excluding tert-OH is 2. The van der Waals surface area contributed by atoms with E-state index in [1.165, 1.54) is 5.56 Å². The Morgan fingerprint density at radius 1 is 1.39 bits per heavy atom. The lowest BCUT2D eigenvalue weighted by Gasteiger charge is -2.24. The predicted molar refractivity (Wildman–Crippen MR) is 92.4 cm³/mol. The standard InChI is InChI=1S/C17H28N2O3S/c1-12(2)15-7-19(14(9-20)10-21)8-16(15)18-17(22)4-3-13-5-6-23-11-13/h5-6,11-12,14-16,20-21H,3-4,7-10H2,1-2H3,(H,18,22)/t15-,16+/m1/s1. The lowest BCUT2D eigenvalue weighted by Crippen LogP contribution is -2.43. The van der Waals surface area contributed by atoms with Gasteiger partial charge in [-0.05, 0) is 40.6 Å². The number of carbonyl (C=O) groups excluding carboxylic acids is 1. The second-order valence-electron chi connectivity index (χ2n) is 6.69. The van der Waals surface area contributed by atoms with Crippen molar-refractivity contribution in [2.24, 2.45) is 11.8 Å². The van der Waals surface area contributed by atoms with Crippen molar-refractivity contribution in [1.29, 1.82) is 0 Å². The first-order valence-corrected chi connectivity index (χ1v) is 9.25. The number of aliphatic hydroxyl groups is 2. The Bertz CT molecular complexity index is 474. The Hall–Kier alpha value is -0.950. The summed E-state index contributed by atoms with van der Waals surface area (Å²) in [4.78, 5) is 14.3. The van der Waals surface area contributed by atoms with E-state index in [2.05, 4.69) is 35.5 Å². The third-order valence-corrected chi connectivity index (χ3v) is 5.49. The van der Waals surface area contributed by atoms with E-state index in [1.54, 1.807) is 11.3 Å². The Kier molecular flexibility index (Phi) is 7.02. The molecular weight excluding hydrogens is 312 g/mol. The molecule has 0 saturated carbocycles. The molecule has 0 aliphatic carbocycles. The molecule has 1 fully saturated rings. The fourth-order valence-corrected chi connectivity index (χ4v) is 3.95. The van der Waals surface area contributed by atoms with E-state index in [9.17, 15) is 15.0 Å². The van der Waals surface area contributed by atoms with Crippen molar-refractivity contribution < 1.29 is 15.0 Å². The number of nitrogens with one attached hydrogen (secondary N) is 1. The molecule has 1 amide bonds. The molecule has 0 unspecified atom stereocenters. The fourth-order valence-electron chi connectivity index (χ4n) is 3.25. The quantitative estimate of drug-likeness (QED) is 0.663. The van der Waals surface area contributed by atoms with Gasteiger partial charge in [0.2, 0.25) is 5.91 Å². The molecule has 0 bridgehead atoms. The van der Waals surface area contributed by atoms with Gasteiger partial charge >= 0.3 is 0 Å². The fraction of sp³-hybridized carbons (Fsp3) is 0.706. The number of hydrogen-bond acceptors (Lipinski definition) is 5. The van der Waals surface area contributed by atoms with Gasteiger partial charge in [-0.1, -0.05) is 13.8 Å². The minimum absolute atomic E-state index is 0.0554. The second kappa shape index (κ2) is 8.78. The topological polar surface area (TPSA) is 72.8 Å². The summed E-state index contributed by atoms with van der Waals surface area (Å²) in [5.41, 5.74) is 1.21. The number of aryl methyl sites for hydroxylation is 1. The lowest BCUT2D eigenvalue weighted by atomic mass is 9.91. The molecule has 3 N–H and O–H groups in total. The average molecular weight is 340 g/mol. The molecule has 2 atom stereocenters. The molecule has 1 aromatic rings. The Morgan fingerprint density at radius 2 is 2.13 bits per heavy atom. The maximum Gasteiger partial charge on any atom is 0.220 e. The van der Waals surface area contributed by atoms with E-state index in [0.717, 1.165) is 13.0 Å². The van der Waals surface area contributed by atoms with Crippen LogP contribution in [0.2, 0.25) is 0 Å². The zero-order valence-electron chi connectivity index (χ0n) is 13.9. The van der Waals surface area contributed by atoms with E-state index < -0.39 is 0 Å². The van der Waals surface area contributed by atoms with Crippen LogP contribution in [0.15, 0.2) is 16.8 Å². The Labute approximate surface area is 142 Å². The van der Waals surface area contributed by atoms with E-state index >= 15 is 0 Å². The van der Waals surface area contributed by atoms with Crippen molar-refractivity contribution >= 4 is 17.2 Å². The molecular formula is C17H28N2O3S. The van der Waals surface area contributed by atoms with Crippen LogP contribution >= 0.6 is 11.3 Å². The molecule has 1 aliphatic rings. The monoisotopic (exact) mass is 340 g/mol. The van der Waals surface area contributed by atoms with Gasteiger partial charge in [-0.2, -0.15) is 11.3 Å². The first-order valence-electron chi connectivity index (χ1n) is 8.31. The first kappa shape index (κ1) is 18.4. The second-order valence-corrected chi connectivity index (χ2v) is 7.47. The number of thiophene rings is 1. The van der Waals surface area contributed by atoms with Gasteiger partial charge < -0.3 is 15.5 Å². The van der Waals surface area contributed by atoms with Gasteiger partial charge in [-0.3, -0.25) is 9.69 Å². The summed E-state index contributed by atoms with van der Waals surface area (Å²) < 4.78 is 0. The van der Waals surface area contributed by atoms with Gasteiger partial charge in [-0.15, -0.1) is 0 Å². The maximum atomic E-state index is 12.3. The van der Waals surface area contributed by atoms with E-state index in [4.69, 9.17) is 0 Å². The summed E-state index contributed by atoms with van der Waals surface area (Å²) >= 11 is 1.65. The van der Waals surface area contributed by atoms with Crippen molar-refractivity contribution in [3.63, 3.8) is 0 Å². The summed E-state index contributed by atoms with van der Waals surface area (Å²) in [6, 6.07) is 1.91. The average Bonchev–Trinajstić information content (AvgIpc) is 3.16. The zero-order valence-corrected chi connectivity index (χ0v) is 14.8. The van der Waals surface area contributed by atoms with Gasteiger partial charge in [-0.25, -0.2) is 0 Å². The summed E-state index contributed by atoms with van der Waals surface area (Å²) in [6.07, 6.45) is 1.27. The third-order valence-electron chi connectivity index (χ3n) is 4.75. The van der Waals surface area contributed by atoms with E-state index in [1.807, 2.05) is 5.38 Å². The number of nitrogens with zero attached hydrogens (tertiary/aromatic N) is 1. The molecule has 0 radical (unpaired) electrons. The lowest BCUT2D eigenvalue weighted by molar-refractivity contribution is -0.122. The van der Waals surface area contributed by atoms with Gasteiger partial charge in [0.15, 0.2) is 0 Å². The van der Waals surface area contributed by atoms with E-state index in [-0.39, 0.29) is 31.2 Å². The minimum Gasteiger partial charge on any atom is -0.395 e. The molecule has 1 saturated heterocycles. The Balaban J connectivity index is 1.89. The SMILES string of the molecule is CC(C)[C@H]1CN(C(CO)CO)C[C@@H]1NC(=O)CCc1ccsc1. The van der Waals surface area contributed by atoms with Crippen LogP contribution in [-0.2, 0) is 11.2 Å². The van der Waals surface area contributed by atoms with Crippen LogP contribution in [0.25, 0.3) is 0 Å². The van der Waals surface area contributed by atoms with Gasteiger partial charge in [0.25, 0.3) is 0 Å². The number of likely N-dealkylation sites (tertiary alicyclic amines) is 1. The van der Waals surface area contributed by atoms with Crippen LogP contribution in [0.4, 0.5) is 0 Å². The molecule has 1 aliphatic heterocycles. The smallest absolute Gasteiger partial charge is 0.220 e. The number of amides is 1. The largest absolute Gasteiger partial charge is 0.395 e. The number of rotatable bonds is 8. The third kappa shape index (κ3) is 5.01. The highest BCUT2D eigenvalue weighted by Gasteiger charge is 2.37. The van der Waals surface area contributed by atoms with Crippen LogP contribution in [0.1, 0.15) is 25.8 Å². The van der Waals surface area contributed by atoms with Crippen molar-refractivity contribution in [1.82, 2.24) is 10.2 Å². The Morgan fingerprint density at radius 3 is 2.70 bits per heavy atom. The summed E-state index contributed by atoms with van der Waals surface area (Å²) in [7, 11) is 0. The molecule has 2 rings (SSSR count). The molecule has 5 nitrogen and oxygen atoms in total. The molecule has 130 valence electrons. The summed E-state index contributed by atoms with van der Waals surface area (Å²) in [6.45, 7) is 5.70. The van der Waals surface area contributed by atoms with Gasteiger partial charge in [0.1, 0.15) is 0 Å². The highest BCUT2D eigenvalue weighted by atomic mass is 32.1. The molecule has 0 spiro atoms. The minimum atomic E-state index is -0.232. The van der Waals surface area contributed by atoms with Crippen molar-refractivity contribution in [3.05, 3.63) is 22.4 Å². The van der Waals surface area contributed by atoms with Crippen LogP contribution < -0.4 is 5.32 Å².